The summed E-state index contributed by atoms with van der Waals surface area (Å²) >= 11 is 0. The summed E-state index contributed by atoms with van der Waals surface area (Å²) in [5.41, 5.74) is 0.518. The minimum absolute atomic E-state index is 0.00268. The lowest BCUT2D eigenvalue weighted by atomic mass is 10.2. The van der Waals surface area contributed by atoms with Crippen molar-refractivity contribution in [1.29, 1.82) is 0 Å². The number of rotatable bonds is 10. The number of unbranched alkanes of at least 4 members (excludes halogenated alkanes) is 2. The zero-order valence-electron chi connectivity index (χ0n) is 13.5. The molecule has 2 N–H and O–H groups in total. The van der Waals surface area contributed by atoms with Crippen LogP contribution in [0, 0.1) is 0 Å². The second-order valence-corrected chi connectivity index (χ2v) is 5.11. The summed E-state index contributed by atoms with van der Waals surface area (Å²) in [7, 11) is 0. The van der Waals surface area contributed by atoms with E-state index in [2.05, 4.69) is 24.5 Å². The summed E-state index contributed by atoms with van der Waals surface area (Å²) in [5, 5.41) is 5.36. The fourth-order valence-corrected chi connectivity index (χ4v) is 1.77. The maximum atomic E-state index is 11.9. The van der Waals surface area contributed by atoms with Gasteiger partial charge in [-0.05, 0) is 37.1 Å². The van der Waals surface area contributed by atoms with E-state index >= 15 is 0 Å². The van der Waals surface area contributed by atoms with E-state index < -0.39 is 0 Å². The van der Waals surface area contributed by atoms with Crippen molar-refractivity contribution < 1.29 is 14.3 Å². The molecule has 0 atom stereocenters. The maximum absolute atomic E-state index is 11.9. The van der Waals surface area contributed by atoms with Gasteiger partial charge in [-0.15, -0.1) is 0 Å². The van der Waals surface area contributed by atoms with Crippen molar-refractivity contribution in [3.8, 4) is 5.75 Å². The van der Waals surface area contributed by atoms with E-state index in [1.54, 1.807) is 24.3 Å². The van der Waals surface area contributed by atoms with E-state index in [1.165, 1.54) is 0 Å². The van der Waals surface area contributed by atoms with Crippen LogP contribution < -0.4 is 15.4 Å². The molecule has 0 spiro atoms. The minimum atomic E-state index is -0.259. The second-order valence-electron chi connectivity index (χ2n) is 5.11. The molecule has 5 heteroatoms. The van der Waals surface area contributed by atoms with Gasteiger partial charge in [0.1, 0.15) is 5.75 Å². The Balaban J connectivity index is 2.34. The first-order valence-corrected chi connectivity index (χ1v) is 7.95. The number of hydrogen-bond donors (Lipinski definition) is 2. The fourth-order valence-electron chi connectivity index (χ4n) is 1.77. The van der Waals surface area contributed by atoms with Crippen molar-refractivity contribution in [2.24, 2.45) is 0 Å². The normalized spacial score (nSPS) is 10.1. The Morgan fingerprint density at radius 3 is 2.32 bits per heavy atom. The molecule has 0 aliphatic heterocycles. The predicted molar refractivity (Wildman–Crippen MR) is 87.1 cm³/mol. The third-order valence-electron chi connectivity index (χ3n) is 3.15. The molecule has 0 saturated carbocycles. The highest BCUT2D eigenvalue weighted by molar-refractivity contribution is 5.96. The molecule has 0 radical (unpaired) electrons. The van der Waals surface area contributed by atoms with Crippen LogP contribution in [0.3, 0.4) is 0 Å². The molecular formula is C17H26N2O3. The molecule has 0 aliphatic carbocycles. The first-order chi connectivity index (χ1) is 10.7. The van der Waals surface area contributed by atoms with Crippen LogP contribution in [0.25, 0.3) is 0 Å². The highest BCUT2D eigenvalue weighted by Gasteiger charge is 2.07. The van der Waals surface area contributed by atoms with Crippen molar-refractivity contribution in [2.45, 2.75) is 39.5 Å². The number of carbonyl (C=O) groups excluding carboxylic acids is 2. The van der Waals surface area contributed by atoms with Crippen LogP contribution in [0.1, 0.15) is 49.9 Å². The van der Waals surface area contributed by atoms with Crippen molar-refractivity contribution in [1.82, 2.24) is 10.6 Å². The van der Waals surface area contributed by atoms with Gasteiger partial charge in [-0.1, -0.05) is 26.7 Å². The lowest BCUT2D eigenvalue weighted by Gasteiger charge is -2.08. The standard InChI is InChI=1S/C17H26N2O3/c1-3-5-11-18-16(20)13-19-17(21)14-7-9-15(10-8-14)22-12-6-4-2/h7-10H,3-6,11-13H2,1-2H3,(H,18,20)(H,19,21). The monoisotopic (exact) mass is 306 g/mol. The van der Waals surface area contributed by atoms with Crippen molar-refractivity contribution >= 4 is 11.8 Å². The Labute approximate surface area is 132 Å². The van der Waals surface area contributed by atoms with Crippen molar-refractivity contribution in [2.75, 3.05) is 19.7 Å². The Morgan fingerprint density at radius 2 is 1.68 bits per heavy atom. The molecule has 0 bridgehead atoms. The molecule has 0 fully saturated rings. The molecule has 1 aromatic rings. The first-order valence-electron chi connectivity index (χ1n) is 7.95. The van der Waals surface area contributed by atoms with E-state index in [0.717, 1.165) is 31.4 Å². The SMILES string of the molecule is CCCCNC(=O)CNC(=O)c1ccc(OCCCC)cc1. The Bertz CT molecular complexity index is 457. The molecule has 1 aromatic carbocycles. The number of nitrogens with one attached hydrogen (secondary N) is 2. The van der Waals surface area contributed by atoms with E-state index in [9.17, 15) is 9.59 Å². The topological polar surface area (TPSA) is 67.4 Å². The molecule has 5 nitrogen and oxygen atoms in total. The van der Waals surface area contributed by atoms with E-state index in [4.69, 9.17) is 4.74 Å². The molecule has 0 saturated heterocycles. The first kappa shape index (κ1) is 18.0. The van der Waals surface area contributed by atoms with Crippen LogP contribution >= 0.6 is 0 Å². The van der Waals surface area contributed by atoms with Crippen LogP contribution in [0.5, 0.6) is 5.75 Å². The number of carbonyl (C=O) groups is 2. The number of benzene rings is 1. The van der Waals surface area contributed by atoms with Gasteiger partial charge in [0.2, 0.25) is 5.91 Å². The van der Waals surface area contributed by atoms with Gasteiger partial charge in [0.05, 0.1) is 13.2 Å². The average Bonchev–Trinajstić information content (AvgIpc) is 2.54. The Hall–Kier alpha value is -2.04. The van der Waals surface area contributed by atoms with E-state index in [0.29, 0.717) is 18.7 Å². The molecule has 0 aliphatic rings. The number of hydrogen-bond acceptors (Lipinski definition) is 3. The molecule has 22 heavy (non-hydrogen) atoms. The zero-order chi connectivity index (χ0) is 16.2. The van der Waals surface area contributed by atoms with Gasteiger partial charge >= 0.3 is 0 Å². The summed E-state index contributed by atoms with van der Waals surface area (Å²) < 4.78 is 5.54. The Morgan fingerprint density at radius 1 is 1.00 bits per heavy atom. The van der Waals surface area contributed by atoms with Gasteiger partial charge in [-0.25, -0.2) is 0 Å². The third kappa shape index (κ3) is 7.11. The quantitative estimate of drug-likeness (QED) is 0.653. The van der Waals surface area contributed by atoms with Gasteiger partial charge in [0.15, 0.2) is 0 Å². The van der Waals surface area contributed by atoms with Crippen LogP contribution in [0.15, 0.2) is 24.3 Å². The highest BCUT2D eigenvalue weighted by atomic mass is 16.5. The van der Waals surface area contributed by atoms with Crippen LogP contribution in [-0.4, -0.2) is 31.5 Å². The molecule has 1 rings (SSSR count). The van der Waals surface area contributed by atoms with Crippen molar-refractivity contribution in [3.63, 3.8) is 0 Å². The highest BCUT2D eigenvalue weighted by Crippen LogP contribution is 2.12. The minimum Gasteiger partial charge on any atom is -0.494 e. The van der Waals surface area contributed by atoms with Gasteiger partial charge in [0, 0.05) is 12.1 Å². The van der Waals surface area contributed by atoms with E-state index in [-0.39, 0.29) is 18.4 Å². The Kier molecular flexibility index (Phi) is 8.72. The fraction of sp³-hybridized carbons (Fsp3) is 0.529. The number of amides is 2. The molecule has 0 aromatic heterocycles. The second kappa shape index (κ2) is 10.7. The molecule has 122 valence electrons. The van der Waals surface area contributed by atoms with Gasteiger partial charge in [-0.3, -0.25) is 9.59 Å². The zero-order valence-corrected chi connectivity index (χ0v) is 13.5. The largest absolute Gasteiger partial charge is 0.494 e. The van der Waals surface area contributed by atoms with E-state index in [1.807, 2.05) is 0 Å². The van der Waals surface area contributed by atoms with Crippen molar-refractivity contribution in [3.05, 3.63) is 29.8 Å². The molecule has 0 unspecified atom stereocenters. The predicted octanol–water partition coefficient (Wildman–Crippen LogP) is 2.51. The average molecular weight is 306 g/mol. The van der Waals surface area contributed by atoms with Crippen LogP contribution in [0.4, 0.5) is 0 Å². The van der Waals surface area contributed by atoms with Crippen LogP contribution in [-0.2, 0) is 4.79 Å². The lowest BCUT2D eigenvalue weighted by Crippen LogP contribution is -2.37. The van der Waals surface area contributed by atoms with Gasteiger partial charge in [-0.2, -0.15) is 0 Å². The summed E-state index contributed by atoms with van der Waals surface area (Å²) in [4.78, 5) is 23.4. The molecule has 2 amide bonds. The maximum Gasteiger partial charge on any atom is 0.251 e. The lowest BCUT2D eigenvalue weighted by molar-refractivity contribution is -0.120. The summed E-state index contributed by atoms with van der Waals surface area (Å²) in [6, 6.07) is 6.94. The molecular weight excluding hydrogens is 280 g/mol. The van der Waals surface area contributed by atoms with Crippen LogP contribution in [0.2, 0.25) is 0 Å². The van der Waals surface area contributed by atoms with Gasteiger partial charge in [0.25, 0.3) is 5.91 Å². The summed E-state index contributed by atoms with van der Waals surface area (Å²) in [6.07, 6.45) is 4.06. The summed E-state index contributed by atoms with van der Waals surface area (Å²) in [5.74, 6) is 0.328. The van der Waals surface area contributed by atoms with Gasteiger partial charge < -0.3 is 15.4 Å². The number of ether oxygens (including phenoxy) is 1. The third-order valence-corrected chi connectivity index (χ3v) is 3.15. The molecule has 0 heterocycles. The summed E-state index contributed by atoms with van der Waals surface area (Å²) in [6.45, 7) is 5.49. The smallest absolute Gasteiger partial charge is 0.251 e.